The van der Waals surface area contributed by atoms with Crippen LogP contribution in [0.25, 0.3) is 0 Å². The van der Waals surface area contributed by atoms with Gasteiger partial charge in [-0.2, -0.15) is 0 Å². The summed E-state index contributed by atoms with van der Waals surface area (Å²) in [5, 5.41) is 3.15. The van der Waals surface area contributed by atoms with Crippen molar-refractivity contribution in [3.63, 3.8) is 0 Å². The summed E-state index contributed by atoms with van der Waals surface area (Å²) in [6.45, 7) is 0. The van der Waals surface area contributed by atoms with Crippen molar-refractivity contribution in [1.82, 2.24) is 0 Å². The molecule has 0 heterocycles. The molecule has 25 heavy (non-hydrogen) atoms. The van der Waals surface area contributed by atoms with Gasteiger partial charge in [-0.15, -0.1) is 0 Å². The second kappa shape index (κ2) is 7.19. The number of halogens is 2. The van der Waals surface area contributed by atoms with Crippen LogP contribution in [0.5, 0.6) is 11.5 Å². The molecule has 3 N–H and O–H groups in total. The molecule has 2 aromatic rings. The first-order valence-corrected chi connectivity index (χ1v) is 8.17. The number of hydrogen-bond donors (Lipinski definition) is 2. The molecule has 0 spiro atoms. The zero-order chi connectivity index (χ0) is 18.0. The Labute approximate surface area is 150 Å². The third-order valence-corrected chi connectivity index (χ3v) is 4.40. The van der Waals surface area contributed by atoms with Crippen LogP contribution in [0.15, 0.2) is 41.4 Å². The minimum absolute atomic E-state index is 0.0354. The number of nitrogens with one attached hydrogen (secondary N) is 1. The van der Waals surface area contributed by atoms with Crippen molar-refractivity contribution in [2.45, 2.75) is 18.4 Å². The lowest BCUT2D eigenvalue weighted by molar-refractivity contribution is 0.355. The van der Waals surface area contributed by atoms with E-state index in [9.17, 15) is 4.39 Å². The lowest BCUT2D eigenvalue weighted by Gasteiger charge is -2.11. The third kappa shape index (κ3) is 3.96. The van der Waals surface area contributed by atoms with Crippen molar-refractivity contribution < 1.29 is 13.9 Å². The summed E-state index contributed by atoms with van der Waals surface area (Å²) in [6, 6.07) is 10.3. The van der Waals surface area contributed by atoms with Gasteiger partial charge in [-0.1, -0.05) is 17.7 Å². The number of aliphatic imine (C=N–C) groups is 1. The van der Waals surface area contributed by atoms with Gasteiger partial charge in [-0.05, 0) is 36.2 Å². The summed E-state index contributed by atoms with van der Waals surface area (Å²) >= 11 is 5.71. The van der Waals surface area contributed by atoms with E-state index in [0.29, 0.717) is 17.5 Å². The molecule has 1 fully saturated rings. The zero-order valence-corrected chi connectivity index (χ0v) is 14.7. The first-order chi connectivity index (χ1) is 12.0. The first-order valence-electron chi connectivity index (χ1n) is 7.79. The number of benzene rings is 2. The van der Waals surface area contributed by atoms with E-state index in [-0.39, 0.29) is 17.0 Å². The Morgan fingerprint density at radius 1 is 1.20 bits per heavy atom. The van der Waals surface area contributed by atoms with Gasteiger partial charge in [0.1, 0.15) is 5.82 Å². The smallest absolute Gasteiger partial charge is 0.193 e. The number of rotatable bonds is 5. The molecule has 0 unspecified atom stereocenters. The van der Waals surface area contributed by atoms with E-state index in [0.717, 1.165) is 17.7 Å². The van der Waals surface area contributed by atoms with E-state index < -0.39 is 5.82 Å². The topological polar surface area (TPSA) is 68.9 Å². The monoisotopic (exact) mass is 363 g/mol. The summed E-state index contributed by atoms with van der Waals surface area (Å²) in [6.07, 6.45) is 0.829. The number of guanidine groups is 1. The SMILES string of the molecule is COc1ccc(NC(N)=N[C@@H]2C[C@H]2c2ccc(Cl)c(F)c2)cc1OC. The Balaban J connectivity index is 1.66. The fourth-order valence-corrected chi connectivity index (χ4v) is 2.82. The van der Waals surface area contributed by atoms with Gasteiger partial charge in [-0.25, -0.2) is 9.38 Å². The van der Waals surface area contributed by atoms with E-state index in [4.69, 9.17) is 26.8 Å². The number of nitrogens with zero attached hydrogens (tertiary/aromatic N) is 1. The van der Waals surface area contributed by atoms with Crippen molar-refractivity contribution in [1.29, 1.82) is 0 Å². The largest absolute Gasteiger partial charge is 0.493 e. The number of nitrogens with two attached hydrogens (primary N) is 1. The van der Waals surface area contributed by atoms with Crippen molar-refractivity contribution in [3.8, 4) is 11.5 Å². The standard InChI is InChI=1S/C18H19ClFN3O2/c1-24-16-6-4-11(8-17(16)25-2)22-18(21)23-15-9-12(15)10-3-5-13(19)14(20)7-10/h3-8,12,15H,9H2,1-2H3,(H3,21,22,23)/t12-,15+/m0/s1. The Bertz CT molecular complexity index is 813. The van der Waals surface area contributed by atoms with Crippen molar-refractivity contribution >= 4 is 23.2 Å². The Morgan fingerprint density at radius 3 is 2.64 bits per heavy atom. The van der Waals surface area contributed by atoms with Gasteiger partial charge < -0.3 is 20.5 Å². The number of methoxy groups -OCH3 is 2. The summed E-state index contributed by atoms with van der Waals surface area (Å²) in [5.41, 5.74) is 7.60. The van der Waals surface area contributed by atoms with Gasteiger partial charge in [0.25, 0.3) is 0 Å². The molecule has 0 aliphatic heterocycles. The highest BCUT2D eigenvalue weighted by Crippen LogP contribution is 2.44. The van der Waals surface area contributed by atoms with Crippen LogP contribution < -0.4 is 20.5 Å². The van der Waals surface area contributed by atoms with E-state index in [1.165, 1.54) is 6.07 Å². The second-order valence-corrected chi connectivity index (χ2v) is 6.20. The average molecular weight is 364 g/mol. The summed E-state index contributed by atoms with van der Waals surface area (Å²) < 4.78 is 24.0. The highest BCUT2D eigenvalue weighted by atomic mass is 35.5. The van der Waals surface area contributed by atoms with Crippen LogP contribution in [0.3, 0.4) is 0 Å². The third-order valence-electron chi connectivity index (χ3n) is 4.09. The van der Waals surface area contributed by atoms with Crippen molar-refractivity contribution in [3.05, 3.63) is 52.8 Å². The Morgan fingerprint density at radius 2 is 1.96 bits per heavy atom. The van der Waals surface area contributed by atoms with Gasteiger partial charge in [0.2, 0.25) is 0 Å². The lowest BCUT2D eigenvalue weighted by atomic mass is 10.1. The van der Waals surface area contributed by atoms with Crippen LogP contribution in [0.4, 0.5) is 10.1 Å². The van der Waals surface area contributed by atoms with E-state index in [2.05, 4.69) is 10.3 Å². The molecule has 7 heteroatoms. The molecule has 0 bridgehead atoms. The van der Waals surface area contributed by atoms with E-state index >= 15 is 0 Å². The molecule has 2 atom stereocenters. The fourth-order valence-electron chi connectivity index (χ4n) is 2.70. The van der Waals surface area contributed by atoms with Gasteiger partial charge in [-0.3, -0.25) is 0 Å². The highest BCUT2D eigenvalue weighted by molar-refractivity contribution is 6.30. The van der Waals surface area contributed by atoms with Crippen LogP contribution in [-0.2, 0) is 0 Å². The van der Waals surface area contributed by atoms with E-state index in [1.807, 2.05) is 12.1 Å². The highest BCUT2D eigenvalue weighted by Gasteiger charge is 2.38. The molecule has 0 radical (unpaired) electrons. The van der Waals surface area contributed by atoms with Gasteiger partial charge in [0, 0.05) is 17.7 Å². The van der Waals surface area contributed by atoms with Crippen LogP contribution in [-0.4, -0.2) is 26.2 Å². The predicted molar refractivity (Wildman–Crippen MR) is 97.3 cm³/mol. The van der Waals surface area contributed by atoms with Gasteiger partial charge >= 0.3 is 0 Å². The van der Waals surface area contributed by atoms with Crippen LogP contribution in [0.1, 0.15) is 17.9 Å². The molecule has 1 saturated carbocycles. The van der Waals surface area contributed by atoms with Crippen molar-refractivity contribution in [2.75, 3.05) is 19.5 Å². The van der Waals surface area contributed by atoms with Crippen LogP contribution >= 0.6 is 11.6 Å². The molecular formula is C18H19ClFN3O2. The summed E-state index contributed by atoms with van der Waals surface area (Å²) in [7, 11) is 3.15. The minimum atomic E-state index is -0.412. The normalized spacial score (nSPS) is 19.4. The summed E-state index contributed by atoms with van der Waals surface area (Å²) in [4.78, 5) is 4.45. The minimum Gasteiger partial charge on any atom is -0.493 e. The zero-order valence-electron chi connectivity index (χ0n) is 13.9. The molecule has 2 aromatic carbocycles. The second-order valence-electron chi connectivity index (χ2n) is 5.79. The molecule has 132 valence electrons. The quantitative estimate of drug-likeness (QED) is 0.626. The molecule has 0 saturated heterocycles. The molecule has 5 nitrogen and oxygen atoms in total. The molecular weight excluding hydrogens is 345 g/mol. The molecule has 0 amide bonds. The average Bonchev–Trinajstić information content (AvgIpc) is 3.36. The maximum absolute atomic E-state index is 13.6. The van der Waals surface area contributed by atoms with Crippen LogP contribution in [0.2, 0.25) is 5.02 Å². The maximum atomic E-state index is 13.6. The summed E-state index contributed by atoms with van der Waals surface area (Å²) in [5.74, 6) is 1.29. The Kier molecular flexibility index (Phi) is 4.99. The van der Waals surface area contributed by atoms with Gasteiger partial charge in [0.05, 0.1) is 25.3 Å². The molecule has 0 aromatic heterocycles. The van der Waals surface area contributed by atoms with E-state index in [1.54, 1.807) is 32.4 Å². The van der Waals surface area contributed by atoms with Crippen LogP contribution in [0, 0.1) is 5.82 Å². The van der Waals surface area contributed by atoms with Gasteiger partial charge in [0.15, 0.2) is 17.5 Å². The van der Waals surface area contributed by atoms with Crippen molar-refractivity contribution in [2.24, 2.45) is 10.7 Å². The molecule has 1 aliphatic rings. The molecule has 3 rings (SSSR count). The first kappa shape index (κ1) is 17.4. The molecule has 1 aliphatic carbocycles. The maximum Gasteiger partial charge on any atom is 0.193 e. The Hall–Kier alpha value is -2.47. The number of hydrogen-bond acceptors (Lipinski definition) is 3. The number of ether oxygens (including phenoxy) is 2. The number of anilines is 1. The fraction of sp³-hybridized carbons (Fsp3) is 0.278. The predicted octanol–water partition coefficient (Wildman–Crippen LogP) is 3.78. The lowest BCUT2D eigenvalue weighted by Crippen LogP contribution is -2.23.